The van der Waals surface area contributed by atoms with Gasteiger partial charge in [-0.05, 0) is 43.5 Å². The quantitative estimate of drug-likeness (QED) is 0.900. The summed E-state index contributed by atoms with van der Waals surface area (Å²) in [6.07, 6.45) is 1.74. The van der Waals surface area contributed by atoms with Crippen molar-refractivity contribution in [1.82, 2.24) is 5.32 Å². The molecule has 1 heterocycles. The summed E-state index contributed by atoms with van der Waals surface area (Å²) in [5.41, 5.74) is 2.84. The van der Waals surface area contributed by atoms with Gasteiger partial charge in [-0.25, -0.2) is 4.79 Å². The number of rotatable bonds is 4. The lowest BCUT2D eigenvalue weighted by Gasteiger charge is -2.22. The average molecular weight is 310 g/mol. The first-order valence-corrected chi connectivity index (χ1v) is 8.12. The summed E-state index contributed by atoms with van der Waals surface area (Å²) in [4.78, 5) is 12.1. The topological polar surface area (TPSA) is 50.4 Å². The van der Waals surface area contributed by atoms with Crippen LogP contribution < -0.4 is 10.6 Å². The monoisotopic (exact) mass is 310 g/mol. The van der Waals surface area contributed by atoms with Gasteiger partial charge in [-0.2, -0.15) is 0 Å². The lowest BCUT2D eigenvalue weighted by molar-refractivity contribution is 0.131. The van der Waals surface area contributed by atoms with E-state index in [9.17, 15) is 4.79 Å². The fourth-order valence-corrected chi connectivity index (χ4v) is 2.85. The molecule has 0 saturated carbocycles. The molecule has 2 N–H and O–H groups in total. The molecule has 1 aliphatic heterocycles. The van der Waals surface area contributed by atoms with Gasteiger partial charge in [-0.15, -0.1) is 0 Å². The van der Waals surface area contributed by atoms with E-state index in [-0.39, 0.29) is 6.09 Å². The minimum absolute atomic E-state index is 0.382. The Hall–Kier alpha value is -2.33. The van der Waals surface area contributed by atoms with Crippen molar-refractivity contribution < 1.29 is 9.53 Å². The molecule has 0 bridgehead atoms. The second-order valence-corrected chi connectivity index (χ2v) is 5.83. The number of anilines is 1. The van der Waals surface area contributed by atoms with Crippen molar-refractivity contribution in [3.8, 4) is 11.1 Å². The zero-order valence-corrected chi connectivity index (χ0v) is 13.1. The van der Waals surface area contributed by atoms with E-state index in [1.54, 1.807) is 0 Å². The van der Waals surface area contributed by atoms with Gasteiger partial charge in [-0.3, -0.25) is 5.32 Å². The maximum atomic E-state index is 12.1. The van der Waals surface area contributed by atoms with Crippen LogP contribution in [0.15, 0.2) is 54.6 Å². The number of benzene rings is 2. The summed E-state index contributed by atoms with van der Waals surface area (Å²) in [6, 6.07) is 17.8. The first kappa shape index (κ1) is 15.6. The highest BCUT2D eigenvalue weighted by molar-refractivity contribution is 5.91. The lowest BCUT2D eigenvalue weighted by atomic mass is 9.99. The molecule has 4 heteroatoms. The van der Waals surface area contributed by atoms with Gasteiger partial charge in [-0.1, -0.05) is 48.5 Å². The predicted molar refractivity (Wildman–Crippen MR) is 92.4 cm³/mol. The number of hydrogen-bond donors (Lipinski definition) is 2. The van der Waals surface area contributed by atoms with Gasteiger partial charge in [0.2, 0.25) is 0 Å². The SMILES string of the molecule is O=C(Nc1ccccc1-c1ccccc1)OCC1CCNCC1. The Bertz CT molecular complexity index is 637. The number of ether oxygens (including phenoxy) is 1. The van der Waals surface area contributed by atoms with Crippen molar-refractivity contribution >= 4 is 11.8 Å². The largest absolute Gasteiger partial charge is 0.449 e. The molecule has 1 amide bonds. The summed E-state index contributed by atoms with van der Waals surface area (Å²) >= 11 is 0. The molecule has 1 fully saturated rings. The third-order valence-corrected chi connectivity index (χ3v) is 4.16. The van der Waals surface area contributed by atoms with Gasteiger partial charge in [0.1, 0.15) is 0 Å². The average Bonchev–Trinajstić information content (AvgIpc) is 2.62. The Morgan fingerprint density at radius 2 is 1.74 bits per heavy atom. The first-order chi connectivity index (χ1) is 11.3. The van der Waals surface area contributed by atoms with E-state index in [0.717, 1.165) is 42.7 Å². The van der Waals surface area contributed by atoms with E-state index in [4.69, 9.17) is 4.74 Å². The standard InChI is InChI=1S/C19H22N2O2/c22-19(23-14-15-10-12-20-13-11-15)21-18-9-5-4-8-17(18)16-6-2-1-3-7-16/h1-9,15,20H,10-14H2,(H,21,22). The minimum Gasteiger partial charge on any atom is -0.449 e. The molecule has 0 aromatic heterocycles. The van der Waals surface area contributed by atoms with Crippen molar-refractivity contribution in [2.45, 2.75) is 12.8 Å². The first-order valence-electron chi connectivity index (χ1n) is 8.12. The molecule has 0 spiro atoms. The van der Waals surface area contributed by atoms with E-state index in [0.29, 0.717) is 12.5 Å². The Balaban J connectivity index is 1.62. The Kier molecular flexibility index (Phi) is 5.27. The zero-order valence-electron chi connectivity index (χ0n) is 13.1. The summed E-state index contributed by atoms with van der Waals surface area (Å²) < 4.78 is 5.40. The molecule has 0 aliphatic carbocycles. The van der Waals surface area contributed by atoms with E-state index < -0.39 is 0 Å². The van der Waals surface area contributed by atoms with Crippen LogP contribution in [0.4, 0.5) is 10.5 Å². The van der Waals surface area contributed by atoms with Crippen LogP contribution in [-0.2, 0) is 4.74 Å². The molecule has 0 radical (unpaired) electrons. The van der Waals surface area contributed by atoms with Gasteiger partial charge >= 0.3 is 6.09 Å². The number of amides is 1. The molecule has 1 aliphatic rings. The smallest absolute Gasteiger partial charge is 0.411 e. The van der Waals surface area contributed by atoms with Crippen LogP contribution in [0.25, 0.3) is 11.1 Å². The molecular weight excluding hydrogens is 288 g/mol. The van der Waals surface area contributed by atoms with Crippen molar-refractivity contribution in [2.75, 3.05) is 25.0 Å². The number of nitrogens with one attached hydrogen (secondary N) is 2. The number of piperidine rings is 1. The predicted octanol–water partition coefficient (Wildman–Crippen LogP) is 3.90. The molecule has 0 unspecified atom stereocenters. The molecule has 2 aromatic rings. The fourth-order valence-electron chi connectivity index (χ4n) is 2.85. The molecule has 4 nitrogen and oxygen atoms in total. The molecule has 23 heavy (non-hydrogen) atoms. The molecule has 2 aromatic carbocycles. The summed E-state index contributed by atoms with van der Waals surface area (Å²) in [6.45, 7) is 2.50. The van der Waals surface area contributed by atoms with Crippen LogP contribution in [0.2, 0.25) is 0 Å². The Morgan fingerprint density at radius 3 is 2.52 bits per heavy atom. The number of para-hydroxylation sites is 1. The van der Waals surface area contributed by atoms with Gasteiger partial charge in [0.05, 0.1) is 12.3 Å². The molecular formula is C19H22N2O2. The van der Waals surface area contributed by atoms with Crippen LogP contribution in [0.3, 0.4) is 0 Å². The summed E-state index contributed by atoms with van der Waals surface area (Å²) in [5, 5.41) is 6.18. The third kappa shape index (κ3) is 4.33. The Morgan fingerprint density at radius 1 is 1.04 bits per heavy atom. The van der Waals surface area contributed by atoms with E-state index >= 15 is 0 Å². The van der Waals surface area contributed by atoms with E-state index in [1.165, 1.54) is 0 Å². The van der Waals surface area contributed by atoms with Crippen molar-refractivity contribution in [2.24, 2.45) is 5.92 Å². The molecule has 0 atom stereocenters. The highest BCUT2D eigenvalue weighted by Crippen LogP contribution is 2.27. The van der Waals surface area contributed by atoms with Crippen LogP contribution in [0.1, 0.15) is 12.8 Å². The van der Waals surface area contributed by atoms with Gasteiger partial charge in [0, 0.05) is 5.56 Å². The van der Waals surface area contributed by atoms with Crippen LogP contribution in [-0.4, -0.2) is 25.8 Å². The van der Waals surface area contributed by atoms with Crippen molar-refractivity contribution in [3.63, 3.8) is 0 Å². The highest BCUT2D eigenvalue weighted by Gasteiger charge is 2.15. The van der Waals surface area contributed by atoms with Crippen molar-refractivity contribution in [3.05, 3.63) is 54.6 Å². The number of hydrogen-bond acceptors (Lipinski definition) is 3. The Labute approximate surface area is 136 Å². The normalized spacial score (nSPS) is 15.1. The highest BCUT2D eigenvalue weighted by atomic mass is 16.5. The third-order valence-electron chi connectivity index (χ3n) is 4.16. The van der Waals surface area contributed by atoms with Gasteiger partial charge < -0.3 is 10.1 Å². The van der Waals surface area contributed by atoms with E-state index in [2.05, 4.69) is 10.6 Å². The molecule has 1 saturated heterocycles. The van der Waals surface area contributed by atoms with Gasteiger partial charge in [0.25, 0.3) is 0 Å². The van der Waals surface area contributed by atoms with Crippen LogP contribution in [0, 0.1) is 5.92 Å². The van der Waals surface area contributed by atoms with E-state index in [1.807, 2.05) is 54.6 Å². The fraction of sp³-hybridized carbons (Fsp3) is 0.316. The maximum Gasteiger partial charge on any atom is 0.411 e. The second kappa shape index (κ2) is 7.79. The molecule has 3 rings (SSSR count). The number of carbonyl (C=O) groups excluding carboxylic acids is 1. The summed E-state index contributed by atoms with van der Waals surface area (Å²) in [7, 11) is 0. The van der Waals surface area contributed by atoms with Gasteiger partial charge in [0.15, 0.2) is 0 Å². The number of carbonyl (C=O) groups is 1. The van der Waals surface area contributed by atoms with Crippen LogP contribution in [0.5, 0.6) is 0 Å². The molecule has 120 valence electrons. The minimum atomic E-state index is -0.382. The second-order valence-electron chi connectivity index (χ2n) is 5.83. The van der Waals surface area contributed by atoms with Crippen LogP contribution >= 0.6 is 0 Å². The maximum absolute atomic E-state index is 12.1. The summed E-state index contributed by atoms with van der Waals surface area (Å²) in [5.74, 6) is 0.464. The van der Waals surface area contributed by atoms with Crippen molar-refractivity contribution in [1.29, 1.82) is 0 Å². The zero-order chi connectivity index (χ0) is 15.9. The lowest BCUT2D eigenvalue weighted by Crippen LogP contribution is -2.31.